The third-order valence-electron chi connectivity index (χ3n) is 31.5. The van der Waals surface area contributed by atoms with Crippen LogP contribution >= 0.6 is 15.9 Å². The highest BCUT2D eigenvalue weighted by molar-refractivity contribution is 9.10. The number of likely N-dealkylation sites (N-methyl/N-ethyl adjacent to an activating group) is 2. The van der Waals surface area contributed by atoms with E-state index < -0.39 is 40.5 Å². The number of carbonyl (C=O) groups is 2. The van der Waals surface area contributed by atoms with Gasteiger partial charge in [0.25, 0.3) is 0 Å². The van der Waals surface area contributed by atoms with Crippen molar-refractivity contribution in [1.82, 2.24) is 9.80 Å². The molecule has 0 bridgehead atoms. The zero-order valence-corrected chi connectivity index (χ0v) is 80.3. The number of allylic oxidation sites excluding steroid dienone is 8. The predicted octanol–water partition coefficient (Wildman–Crippen LogP) is 25.5. The van der Waals surface area contributed by atoms with Gasteiger partial charge in [-0.1, -0.05) is 210 Å². The van der Waals surface area contributed by atoms with Crippen molar-refractivity contribution < 1.29 is 75.7 Å². The normalized spacial score (nSPS) is 25.3. The lowest BCUT2D eigenvalue weighted by Gasteiger charge is -2.53. The first-order valence-corrected chi connectivity index (χ1v) is 49.4. The Bertz CT molecular complexity index is 5860. The summed E-state index contributed by atoms with van der Waals surface area (Å²) in [6.45, 7) is 6.81. The van der Waals surface area contributed by atoms with E-state index in [9.17, 15) is 61.5 Å². The molecular weight excluding hydrogens is 1790 g/mol. The number of phenols is 3. The summed E-state index contributed by atoms with van der Waals surface area (Å²) in [5.74, 6) is 3.85. The van der Waals surface area contributed by atoms with Gasteiger partial charge in [0.2, 0.25) is 0 Å². The monoisotopic (exact) mass is 1910 g/mol. The maximum absolute atomic E-state index is 13.8. The topological polar surface area (TPSA) is 169 Å². The van der Waals surface area contributed by atoms with Crippen LogP contribution in [0.3, 0.4) is 0 Å². The molecule has 10 aliphatic rings. The maximum atomic E-state index is 13.8. The number of phenolic OH excluding ortho intramolecular Hbond substituents is 3. The van der Waals surface area contributed by atoms with Crippen molar-refractivity contribution in [3.63, 3.8) is 0 Å². The van der Waals surface area contributed by atoms with E-state index in [4.69, 9.17) is 14.2 Å². The molecule has 714 valence electrons. The van der Waals surface area contributed by atoms with E-state index in [1.807, 2.05) is 129 Å². The van der Waals surface area contributed by atoms with E-state index in [1.165, 1.54) is 70.6 Å². The molecule has 12 nitrogen and oxygen atoms in total. The summed E-state index contributed by atoms with van der Waals surface area (Å²) in [5.41, 5.74) is 15.1. The van der Waals surface area contributed by atoms with E-state index in [2.05, 4.69) is 168 Å². The van der Waals surface area contributed by atoms with Crippen LogP contribution in [-0.4, -0.2) is 118 Å². The predicted molar refractivity (Wildman–Crippen MR) is 527 cm³/mol. The Morgan fingerprint density at radius 3 is 1.19 bits per heavy atom. The molecule has 0 radical (unpaired) electrons. The molecule has 10 aromatic carbocycles. The first-order valence-electron chi connectivity index (χ1n) is 48.6. The van der Waals surface area contributed by atoms with Crippen molar-refractivity contribution >= 4 is 27.8 Å². The molecule has 0 heterocycles. The van der Waals surface area contributed by atoms with Gasteiger partial charge in [0.1, 0.15) is 28.8 Å². The molecule has 20 rings (SSSR count). The quantitative estimate of drug-likeness (QED) is 0.0518. The summed E-state index contributed by atoms with van der Waals surface area (Å²) in [4.78, 5) is 28.1. The molecule has 3 fully saturated rings. The van der Waals surface area contributed by atoms with Crippen LogP contribution in [-0.2, 0) is 106 Å². The third kappa shape index (κ3) is 21.1. The average Bonchev–Trinajstić information content (AvgIpc) is 0.718. The zero-order chi connectivity index (χ0) is 95.8. The van der Waals surface area contributed by atoms with E-state index in [0.717, 1.165) is 135 Å². The van der Waals surface area contributed by atoms with Crippen LogP contribution < -0.4 is 4.74 Å². The van der Waals surface area contributed by atoms with Crippen LogP contribution in [0.15, 0.2) is 294 Å². The smallest absolute Gasteiger partial charge is 0.417 e. The zero-order valence-electron chi connectivity index (χ0n) is 78.7. The van der Waals surface area contributed by atoms with Gasteiger partial charge in [-0.3, -0.25) is 4.79 Å². The Labute approximate surface area is 805 Å². The standard InChI is InChI=1S/C28H35F3N2O3.C23H23BrO.C23H24O2.C22H23F3O2.C21H22O2/c1-32(2)15-16-33(3)25(34)36-23-11-12-24-21(17-23)9-10-22-19-27(35,28(29,30)31)14-13-26(22,24)18-20-7-5-4-6-8-20;2*1-2-25-21-12-13-23(16-17-6-4-3-5-7-17)19(15-21)9-8-18-14-20(24)10-11-22(18)23;23-22(24,25)21(27)11-10-20(13-15-4-2-1-3-5-15)17(14-21)7-6-16-12-18(26)8-9-19(16)20;22-18-8-9-20-16(12-18)6-7-17-13-19(23)10-11-21(17,20)14-15-4-2-1-3-5-15/h4-8,11-12,17,22,35H,9-10,13-16,18-19H2,1-3H3;3-7,9-11,14-15H,2,8,12-13,16H2,1H3;3-7,9-11,14-15,24H,2,8,12-13,16H2,1H3;1-5,8-9,12,17,26-27H,6-7,10-11,13-14H2;1-5,8-9,12,17,22H,6-7,10-11,13-14H2/t22-,26+,27-;2*23-;17-,20+,21-;17-,21+/m10011/s1. The van der Waals surface area contributed by atoms with Gasteiger partial charge in [0.05, 0.1) is 24.7 Å². The minimum atomic E-state index is -4.65. The number of halogens is 7. The fourth-order valence-electron chi connectivity index (χ4n) is 24.6. The van der Waals surface area contributed by atoms with Crippen molar-refractivity contribution in [2.75, 3.05) is 47.4 Å². The molecule has 5 N–H and O–H groups in total. The van der Waals surface area contributed by atoms with Gasteiger partial charge in [0, 0.05) is 77.4 Å². The number of rotatable bonds is 18. The van der Waals surface area contributed by atoms with Crippen LogP contribution in [0, 0.1) is 17.8 Å². The number of hydrogen-bond donors (Lipinski definition) is 5. The number of ether oxygens (including phenoxy) is 3. The second-order valence-corrected chi connectivity index (χ2v) is 40.8. The molecule has 0 unspecified atom stereocenters. The van der Waals surface area contributed by atoms with Crippen molar-refractivity contribution in [2.45, 2.75) is 231 Å². The average molecular weight is 1920 g/mol. The summed E-state index contributed by atoms with van der Waals surface area (Å²) in [5, 5.41) is 50.5. The number of alkyl halides is 6. The molecule has 136 heavy (non-hydrogen) atoms. The number of benzene rings is 10. The molecule has 19 heteroatoms. The number of Topliss-reactive ketones (excluding diaryl/α,β-unsaturated/α-hetero) is 1. The van der Waals surface area contributed by atoms with Gasteiger partial charge in [-0.15, -0.1) is 0 Å². The lowest BCUT2D eigenvalue weighted by atomic mass is 9.52. The molecule has 3 saturated carbocycles. The fraction of sp³-hybridized carbons (Fsp3) is 0.402. The highest BCUT2D eigenvalue weighted by atomic mass is 79.9. The molecule has 10 aliphatic carbocycles. The minimum absolute atomic E-state index is 0.0246. The second kappa shape index (κ2) is 41.4. The van der Waals surface area contributed by atoms with Crippen molar-refractivity contribution in [2.24, 2.45) is 17.8 Å². The van der Waals surface area contributed by atoms with Gasteiger partial charge >= 0.3 is 18.4 Å². The van der Waals surface area contributed by atoms with Gasteiger partial charge < -0.3 is 49.5 Å². The van der Waals surface area contributed by atoms with Gasteiger partial charge in [-0.05, 0) is 354 Å². The van der Waals surface area contributed by atoms with Gasteiger partial charge in [-0.2, -0.15) is 26.3 Å². The molecule has 10 aromatic rings. The molecule has 0 saturated heterocycles. The van der Waals surface area contributed by atoms with E-state index in [-0.39, 0.29) is 72.4 Å². The van der Waals surface area contributed by atoms with Gasteiger partial charge in [0.15, 0.2) is 11.2 Å². The van der Waals surface area contributed by atoms with E-state index in [0.29, 0.717) is 93.4 Å². The molecule has 1 amide bonds. The summed E-state index contributed by atoms with van der Waals surface area (Å²) < 4.78 is 100. The molecule has 0 aliphatic heterocycles. The molecular formula is C117H127BrF6N2O10. The largest absolute Gasteiger partial charge is 0.508 e. The van der Waals surface area contributed by atoms with Crippen molar-refractivity contribution in [3.05, 3.63) is 378 Å². The first kappa shape index (κ1) is 98.1. The molecule has 0 spiro atoms. The van der Waals surface area contributed by atoms with Crippen LogP contribution in [0.5, 0.6) is 23.0 Å². The van der Waals surface area contributed by atoms with Crippen LogP contribution in [0.2, 0.25) is 0 Å². The third-order valence-corrected chi connectivity index (χ3v) is 32.0. The lowest BCUT2D eigenvalue weighted by molar-refractivity contribution is -0.279. The van der Waals surface area contributed by atoms with Crippen molar-refractivity contribution in [3.8, 4) is 23.0 Å². The van der Waals surface area contributed by atoms with Crippen LogP contribution in [0.1, 0.15) is 200 Å². The number of aliphatic hydroxyl groups is 2. The summed E-state index contributed by atoms with van der Waals surface area (Å²) >= 11 is 3.64. The number of fused-ring (bicyclic) bond motifs is 15. The highest BCUT2D eigenvalue weighted by Gasteiger charge is 2.63. The fourth-order valence-corrected chi connectivity index (χ4v) is 25.0. The van der Waals surface area contributed by atoms with Crippen molar-refractivity contribution in [1.29, 1.82) is 0 Å². The Kier molecular flexibility index (Phi) is 29.8. The summed E-state index contributed by atoms with van der Waals surface area (Å²) in [6.07, 6.45) is 15.8. The van der Waals surface area contributed by atoms with Gasteiger partial charge in [-0.25, -0.2) is 4.79 Å². The Balaban J connectivity index is 0.000000124. The number of amides is 1. The Hall–Kier alpha value is -11.0. The lowest BCUT2D eigenvalue weighted by Crippen LogP contribution is -2.56. The Morgan fingerprint density at radius 1 is 0.412 bits per heavy atom. The van der Waals surface area contributed by atoms with E-state index >= 15 is 0 Å². The number of aromatic hydroxyl groups is 3. The van der Waals surface area contributed by atoms with E-state index in [1.54, 1.807) is 25.2 Å². The number of aryl methyl sites for hydroxylation is 3. The molecule has 0 aromatic heterocycles. The van der Waals surface area contributed by atoms with Crippen LogP contribution in [0.4, 0.5) is 31.1 Å². The highest BCUT2D eigenvalue weighted by Crippen LogP contribution is 2.61. The minimum Gasteiger partial charge on any atom is -0.508 e. The SMILES string of the molecule is CCOC1=CC2=CCc3cc(Br)ccc3[C@]2(Cc2ccccc2)CC1.CCOC1=CC2=CCc3cc(O)ccc3[C@]2(Cc2ccccc2)CC1.CN(C)CCN(C)C(=O)Oc1ccc2c(c1)CC[C@@H]1C[C@@](O)(C(F)(F)F)CC[C@@]21Cc1ccccc1.O=C1CC[C@@]2(Cc3ccccc3)c3ccc(O)cc3CC[C@@H]2C1.Oc1ccc2c(c1)CC[C@@H]1C[C@@](O)(C(F)(F)F)CC[C@@]21Cc1ccccc1. The van der Waals surface area contributed by atoms with Crippen LogP contribution in [0.25, 0.3) is 0 Å². The number of ketones is 1. The second-order valence-electron chi connectivity index (χ2n) is 39.9. The number of carbonyl (C=O) groups excluding carboxylic acids is 2. The number of hydrogen-bond acceptors (Lipinski definition) is 11. The maximum Gasteiger partial charge on any atom is 0.417 e. The first-order chi connectivity index (χ1) is 65.3. The summed E-state index contributed by atoms with van der Waals surface area (Å²) in [6, 6.07) is 81.1. The Morgan fingerprint density at radius 2 is 0.779 bits per heavy atom. The summed E-state index contributed by atoms with van der Waals surface area (Å²) in [7, 11) is 5.55. The molecule has 10 atom stereocenters. The number of nitrogens with zero attached hydrogens (tertiary/aromatic N) is 2.